The molecule has 0 radical (unpaired) electrons. The largest absolute Gasteiger partial charge is 0.377 e. The first kappa shape index (κ1) is 13.0. The molecule has 3 rings (SSSR count). The summed E-state index contributed by atoms with van der Waals surface area (Å²) in [5.41, 5.74) is 2.82. The van der Waals surface area contributed by atoms with Crippen LogP contribution >= 0.6 is 11.6 Å². The number of rotatable bonds is 4. The lowest BCUT2D eigenvalue weighted by Gasteiger charge is -2.21. The van der Waals surface area contributed by atoms with Gasteiger partial charge >= 0.3 is 0 Å². The number of benzene rings is 2. The Hall–Kier alpha value is -1.98. The van der Waals surface area contributed by atoms with Gasteiger partial charge in [0.2, 0.25) is 0 Å². The van der Waals surface area contributed by atoms with Crippen molar-refractivity contribution in [3.05, 3.63) is 64.7 Å². The summed E-state index contributed by atoms with van der Waals surface area (Å²) in [5, 5.41) is 13.5. The number of hydrogen-bond donors (Lipinski definition) is 1. The standard InChI is InChI=1S/C17H15ClN2/c18-15-9-7-13(8-10-15)17(12-5-6-12)20-16-4-2-1-3-14(16)11-19/h1-4,7-10,12,17,20H,5-6H2. The molecule has 1 aliphatic rings. The minimum Gasteiger partial charge on any atom is -0.377 e. The molecule has 1 N–H and O–H groups in total. The van der Waals surface area contributed by atoms with Crippen molar-refractivity contribution in [1.29, 1.82) is 5.26 Å². The van der Waals surface area contributed by atoms with Crippen LogP contribution in [0.5, 0.6) is 0 Å². The molecule has 1 unspecified atom stereocenters. The third kappa shape index (κ3) is 2.79. The second-order valence-corrected chi connectivity index (χ2v) is 5.60. The molecule has 0 aromatic heterocycles. The van der Waals surface area contributed by atoms with Gasteiger partial charge in [-0.3, -0.25) is 0 Å². The van der Waals surface area contributed by atoms with Gasteiger partial charge in [0.25, 0.3) is 0 Å². The molecule has 1 atom stereocenters. The molecule has 0 aliphatic heterocycles. The molecule has 0 amide bonds. The van der Waals surface area contributed by atoms with E-state index in [4.69, 9.17) is 11.6 Å². The molecule has 100 valence electrons. The number of nitriles is 1. The molecular formula is C17H15ClN2. The highest BCUT2D eigenvalue weighted by atomic mass is 35.5. The maximum atomic E-state index is 9.19. The van der Waals surface area contributed by atoms with E-state index in [9.17, 15) is 5.26 Å². The Balaban J connectivity index is 1.88. The zero-order chi connectivity index (χ0) is 13.9. The summed E-state index contributed by atoms with van der Waals surface area (Å²) in [7, 11) is 0. The maximum absolute atomic E-state index is 9.19. The van der Waals surface area contributed by atoms with Crippen LogP contribution in [0.15, 0.2) is 48.5 Å². The van der Waals surface area contributed by atoms with Crippen LogP contribution in [-0.2, 0) is 0 Å². The van der Waals surface area contributed by atoms with Gasteiger partial charge < -0.3 is 5.32 Å². The van der Waals surface area contributed by atoms with Crippen molar-refractivity contribution in [2.24, 2.45) is 5.92 Å². The lowest BCUT2D eigenvalue weighted by molar-refractivity contribution is 0.679. The van der Waals surface area contributed by atoms with E-state index in [1.54, 1.807) is 0 Å². The molecule has 0 bridgehead atoms. The summed E-state index contributed by atoms with van der Waals surface area (Å²) >= 11 is 5.96. The third-order valence-electron chi connectivity index (χ3n) is 3.68. The second-order valence-electron chi connectivity index (χ2n) is 5.17. The molecule has 0 heterocycles. The van der Waals surface area contributed by atoms with E-state index in [2.05, 4.69) is 23.5 Å². The summed E-state index contributed by atoms with van der Waals surface area (Å²) < 4.78 is 0. The van der Waals surface area contributed by atoms with Crippen molar-refractivity contribution in [2.45, 2.75) is 18.9 Å². The number of anilines is 1. The Morgan fingerprint density at radius 3 is 2.45 bits per heavy atom. The van der Waals surface area contributed by atoms with Gasteiger partial charge in [-0.2, -0.15) is 5.26 Å². The molecule has 1 aliphatic carbocycles. The molecule has 2 aromatic carbocycles. The van der Waals surface area contributed by atoms with Gasteiger partial charge in [-0.05, 0) is 48.6 Å². The lowest BCUT2D eigenvalue weighted by atomic mass is 10.0. The lowest BCUT2D eigenvalue weighted by Crippen LogP contribution is -2.13. The Morgan fingerprint density at radius 1 is 1.10 bits per heavy atom. The quantitative estimate of drug-likeness (QED) is 0.876. The molecule has 0 saturated heterocycles. The van der Waals surface area contributed by atoms with Crippen molar-refractivity contribution in [3.63, 3.8) is 0 Å². The average molecular weight is 283 g/mol. The summed E-state index contributed by atoms with van der Waals surface area (Å²) in [5.74, 6) is 0.642. The highest BCUT2D eigenvalue weighted by Gasteiger charge is 2.32. The van der Waals surface area contributed by atoms with Gasteiger partial charge in [-0.25, -0.2) is 0 Å². The van der Waals surface area contributed by atoms with Crippen molar-refractivity contribution < 1.29 is 0 Å². The first-order valence-electron chi connectivity index (χ1n) is 6.79. The fraction of sp³-hybridized carbons (Fsp3) is 0.235. The monoisotopic (exact) mass is 282 g/mol. The van der Waals surface area contributed by atoms with E-state index < -0.39 is 0 Å². The van der Waals surface area contributed by atoms with E-state index in [0.29, 0.717) is 11.5 Å². The predicted molar refractivity (Wildman–Crippen MR) is 81.7 cm³/mol. The Bertz CT molecular complexity index is 639. The highest BCUT2D eigenvalue weighted by Crippen LogP contribution is 2.43. The van der Waals surface area contributed by atoms with E-state index in [1.165, 1.54) is 18.4 Å². The molecule has 2 aromatic rings. The van der Waals surface area contributed by atoms with Crippen LogP contribution in [0.4, 0.5) is 5.69 Å². The van der Waals surface area contributed by atoms with Crippen LogP contribution in [0.3, 0.4) is 0 Å². The molecular weight excluding hydrogens is 268 g/mol. The van der Waals surface area contributed by atoms with Gasteiger partial charge in [0, 0.05) is 5.02 Å². The van der Waals surface area contributed by atoms with Crippen LogP contribution in [0, 0.1) is 17.2 Å². The minimum atomic E-state index is 0.252. The molecule has 3 heteroatoms. The minimum absolute atomic E-state index is 0.252. The second kappa shape index (κ2) is 5.56. The van der Waals surface area contributed by atoms with Crippen LogP contribution in [0.2, 0.25) is 5.02 Å². The fourth-order valence-electron chi connectivity index (χ4n) is 2.45. The first-order valence-corrected chi connectivity index (χ1v) is 7.17. The Morgan fingerprint density at radius 2 is 1.80 bits per heavy atom. The third-order valence-corrected chi connectivity index (χ3v) is 3.93. The maximum Gasteiger partial charge on any atom is 0.101 e. The van der Waals surface area contributed by atoms with E-state index in [0.717, 1.165) is 10.7 Å². The number of nitrogens with one attached hydrogen (secondary N) is 1. The average Bonchev–Trinajstić information content (AvgIpc) is 3.31. The Labute approximate surface area is 124 Å². The summed E-state index contributed by atoms with van der Waals surface area (Å²) in [4.78, 5) is 0. The van der Waals surface area contributed by atoms with Gasteiger partial charge in [0.1, 0.15) is 6.07 Å². The fourth-order valence-corrected chi connectivity index (χ4v) is 2.57. The van der Waals surface area contributed by atoms with Crippen LogP contribution in [0.1, 0.15) is 30.0 Å². The molecule has 0 spiro atoms. The zero-order valence-corrected chi connectivity index (χ0v) is 11.8. The Kier molecular flexibility index (Phi) is 3.62. The molecule has 1 saturated carbocycles. The summed E-state index contributed by atoms with van der Waals surface area (Å²) in [6.07, 6.45) is 2.46. The van der Waals surface area contributed by atoms with E-state index in [1.807, 2.05) is 36.4 Å². The molecule has 1 fully saturated rings. The number of nitrogens with zero attached hydrogens (tertiary/aromatic N) is 1. The normalized spacial score (nSPS) is 15.4. The number of para-hydroxylation sites is 1. The van der Waals surface area contributed by atoms with Gasteiger partial charge in [-0.15, -0.1) is 0 Å². The summed E-state index contributed by atoms with van der Waals surface area (Å²) in [6.45, 7) is 0. The molecule has 20 heavy (non-hydrogen) atoms. The number of hydrogen-bond acceptors (Lipinski definition) is 2. The highest BCUT2D eigenvalue weighted by molar-refractivity contribution is 6.30. The van der Waals surface area contributed by atoms with E-state index >= 15 is 0 Å². The van der Waals surface area contributed by atoms with Crippen LogP contribution in [-0.4, -0.2) is 0 Å². The van der Waals surface area contributed by atoms with Crippen molar-refractivity contribution in [1.82, 2.24) is 0 Å². The van der Waals surface area contributed by atoms with Gasteiger partial charge in [-0.1, -0.05) is 35.9 Å². The summed E-state index contributed by atoms with van der Waals surface area (Å²) in [6, 6.07) is 18.1. The SMILES string of the molecule is N#Cc1ccccc1NC(c1ccc(Cl)cc1)C1CC1. The number of halogens is 1. The van der Waals surface area contributed by atoms with E-state index in [-0.39, 0.29) is 6.04 Å². The van der Waals surface area contributed by atoms with Crippen molar-refractivity contribution >= 4 is 17.3 Å². The van der Waals surface area contributed by atoms with Crippen molar-refractivity contribution in [3.8, 4) is 6.07 Å². The zero-order valence-electron chi connectivity index (χ0n) is 11.0. The van der Waals surface area contributed by atoms with Gasteiger partial charge in [0.15, 0.2) is 0 Å². The first-order chi connectivity index (χ1) is 9.78. The van der Waals surface area contributed by atoms with Crippen LogP contribution in [0.25, 0.3) is 0 Å². The van der Waals surface area contributed by atoms with Crippen LogP contribution < -0.4 is 5.32 Å². The van der Waals surface area contributed by atoms with Gasteiger partial charge in [0.05, 0.1) is 17.3 Å². The smallest absolute Gasteiger partial charge is 0.101 e. The van der Waals surface area contributed by atoms with Crippen molar-refractivity contribution in [2.75, 3.05) is 5.32 Å². The predicted octanol–water partition coefficient (Wildman–Crippen LogP) is 4.77. The molecule has 2 nitrogen and oxygen atoms in total. The topological polar surface area (TPSA) is 35.8 Å².